The van der Waals surface area contributed by atoms with Crippen LogP contribution in [0.25, 0.3) is 10.2 Å². The highest BCUT2D eigenvalue weighted by atomic mass is 32.2. The molecule has 0 spiro atoms. The molecular weight excluding hydrogens is 434 g/mol. The third kappa shape index (κ3) is 5.88. The van der Waals surface area contributed by atoms with Crippen molar-refractivity contribution in [2.45, 2.75) is 44.6 Å². The predicted molar refractivity (Wildman–Crippen MR) is 122 cm³/mol. The fraction of sp³-hybridized carbons (Fsp3) is 0.364. The van der Waals surface area contributed by atoms with Gasteiger partial charge in [0.25, 0.3) is 5.91 Å². The van der Waals surface area contributed by atoms with Crippen molar-refractivity contribution >= 4 is 37.5 Å². The number of carbonyl (C=O) groups is 1. The highest BCUT2D eigenvalue weighted by Gasteiger charge is 2.13. The van der Waals surface area contributed by atoms with Gasteiger partial charge in [0.2, 0.25) is 10.0 Å². The van der Waals surface area contributed by atoms with Crippen molar-refractivity contribution in [3.8, 4) is 0 Å². The molecule has 0 fully saturated rings. The standard InChI is InChI=1S/C22H27N3O4S2/c1-4-29-12-11-25-19-10-9-18(31(23,27)28)14-20(19)30-22(25)24-21(26)13-16-5-7-17(8-6-16)15(2)3/h5-10,14-15H,4,11-13H2,1-3H3,(H2,23,27,28). The number of rotatable bonds is 8. The van der Waals surface area contributed by atoms with Crippen LogP contribution in [0.4, 0.5) is 0 Å². The van der Waals surface area contributed by atoms with E-state index >= 15 is 0 Å². The average Bonchev–Trinajstić information content (AvgIpc) is 3.04. The summed E-state index contributed by atoms with van der Waals surface area (Å²) in [6.45, 7) is 7.69. The summed E-state index contributed by atoms with van der Waals surface area (Å²) in [4.78, 5) is 17.5. The molecule has 3 aromatic rings. The molecule has 0 atom stereocenters. The van der Waals surface area contributed by atoms with Crippen molar-refractivity contribution in [3.63, 3.8) is 0 Å². The molecule has 0 radical (unpaired) electrons. The zero-order valence-electron chi connectivity index (χ0n) is 17.9. The van der Waals surface area contributed by atoms with E-state index in [-0.39, 0.29) is 17.2 Å². The van der Waals surface area contributed by atoms with Crippen molar-refractivity contribution in [2.24, 2.45) is 10.1 Å². The first kappa shape index (κ1) is 23.3. The van der Waals surface area contributed by atoms with Gasteiger partial charge >= 0.3 is 0 Å². The summed E-state index contributed by atoms with van der Waals surface area (Å²) >= 11 is 1.26. The fourth-order valence-corrected chi connectivity index (χ4v) is 4.90. The van der Waals surface area contributed by atoms with Crippen LogP contribution < -0.4 is 9.94 Å². The Balaban J connectivity index is 1.96. The zero-order chi connectivity index (χ0) is 22.6. The van der Waals surface area contributed by atoms with Crippen LogP contribution in [0.5, 0.6) is 0 Å². The first-order valence-electron chi connectivity index (χ1n) is 10.1. The lowest BCUT2D eigenvalue weighted by atomic mass is 10.0. The van der Waals surface area contributed by atoms with E-state index < -0.39 is 10.0 Å². The minimum absolute atomic E-state index is 0.0290. The summed E-state index contributed by atoms with van der Waals surface area (Å²) in [6, 6.07) is 12.6. The molecule has 2 N–H and O–H groups in total. The lowest BCUT2D eigenvalue weighted by Crippen LogP contribution is -2.20. The van der Waals surface area contributed by atoms with Crippen molar-refractivity contribution in [1.82, 2.24) is 4.57 Å². The molecule has 0 aliphatic carbocycles. The van der Waals surface area contributed by atoms with Crippen molar-refractivity contribution in [1.29, 1.82) is 0 Å². The minimum atomic E-state index is -3.82. The summed E-state index contributed by atoms with van der Waals surface area (Å²) in [6.07, 6.45) is 0.195. The molecule has 0 aliphatic heterocycles. The van der Waals surface area contributed by atoms with Crippen LogP contribution in [0.3, 0.4) is 0 Å². The quantitative estimate of drug-likeness (QED) is 0.520. The lowest BCUT2D eigenvalue weighted by Gasteiger charge is -2.06. The molecule has 2 aromatic carbocycles. The van der Waals surface area contributed by atoms with E-state index in [0.29, 0.717) is 35.2 Å². The number of carbonyl (C=O) groups excluding carboxylic acids is 1. The molecule has 0 bridgehead atoms. The molecule has 0 unspecified atom stereocenters. The molecule has 9 heteroatoms. The highest BCUT2D eigenvalue weighted by molar-refractivity contribution is 7.89. The summed E-state index contributed by atoms with van der Waals surface area (Å²) in [7, 11) is -3.82. The van der Waals surface area contributed by atoms with Gasteiger partial charge in [0.15, 0.2) is 4.80 Å². The van der Waals surface area contributed by atoms with E-state index in [1.54, 1.807) is 6.07 Å². The van der Waals surface area contributed by atoms with E-state index in [1.165, 1.54) is 29.0 Å². The number of ether oxygens (including phenoxy) is 1. The van der Waals surface area contributed by atoms with Gasteiger partial charge < -0.3 is 9.30 Å². The van der Waals surface area contributed by atoms with Gasteiger partial charge in [-0.05, 0) is 42.2 Å². The topological polar surface area (TPSA) is 104 Å². The average molecular weight is 462 g/mol. The Labute approximate surface area is 186 Å². The Morgan fingerprint density at radius 3 is 2.52 bits per heavy atom. The van der Waals surface area contributed by atoms with Gasteiger partial charge in [-0.3, -0.25) is 4.79 Å². The van der Waals surface area contributed by atoms with Gasteiger partial charge in [-0.25, -0.2) is 13.6 Å². The number of amides is 1. The second-order valence-corrected chi connectivity index (χ2v) is 10.1. The van der Waals surface area contributed by atoms with Crippen molar-refractivity contribution in [3.05, 3.63) is 58.4 Å². The molecule has 1 aromatic heterocycles. The van der Waals surface area contributed by atoms with Crippen molar-refractivity contribution < 1.29 is 17.9 Å². The van der Waals surface area contributed by atoms with Crippen LogP contribution >= 0.6 is 11.3 Å². The summed E-state index contributed by atoms with van der Waals surface area (Å²) in [5, 5.41) is 5.26. The highest BCUT2D eigenvalue weighted by Crippen LogP contribution is 2.21. The predicted octanol–water partition coefficient (Wildman–Crippen LogP) is 3.18. The van der Waals surface area contributed by atoms with E-state index in [4.69, 9.17) is 9.88 Å². The van der Waals surface area contributed by atoms with Gasteiger partial charge in [0.1, 0.15) is 0 Å². The molecule has 7 nitrogen and oxygen atoms in total. The molecule has 1 heterocycles. The number of fused-ring (bicyclic) bond motifs is 1. The first-order valence-corrected chi connectivity index (χ1v) is 12.5. The fourth-order valence-electron chi connectivity index (χ4n) is 3.17. The van der Waals surface area contributed by atoms with E-state index in [2.05, 4.69) is 18.8 Å². The number of nitrogens with two attached hydrogens (primary N) is 1. The number of thiazole rings is 1. The van der Waals surface area contributed by atoms with E-state index in [9.17, 15) is 13.2 Å². The maximum Gasteiger partial charge on any atom is 0.252 e. The zero-order valence-corrected chi connectivity index (χ0v) is 19.5. The summed E-state index contributed by atoms with van der Waals surface area (Å²) < 4.78 is 31.4. The number of sulfonamides is 1. The molecule has 0 saturated heterocycles. The Kier molecular flexibility index (Phi) is 7.42. The van der Waals surface area contributed by atoms with Gasteiger partial charge in [-0.2, -0.15) is 4.99 Å². The van der Waals surface area contributed by atoms with E-state index in [0.717, 1.165) is 11.1 Å². The molecule has 0 aliphatic rings. The van der Waals surface area contributed by atoms with Crippen molar-refractivity contribution in [2.75, 3.05) is 13.2 Å². The Bertz CT molecular complexity index is 1240. The SMILES string of the molecule is CCOCCn1c(=NC(=O)Cc2ccc(C(C)C)cc2)sc2cc(S(N)(=O)=O)ccc21. The van der Waals surface area contributed by atoms with Crippen LogP contribution in [-0.2, 0) is 32.5 Å². The summed E-state index contributed by atoms with van der Waals surface area (Å²) in [5.74, 6) is 0.167. The van der Waals surface area contributed by atoms with Crippen LogP contribution in [-0.4, -0.2) is 32.1 Å². The van der Waals surface area contributed by atoms with Crippen LogP contribution in [0.1, 0.15) is 37.8 Å². The third-order valence-electron chi connectivity index (χ3n) is 4.87. The number of hydrogen-bond donors (Lipinski definition) is 1. The second-order valence-electron chi connectivity index (χ2n) is 7.49. The lowest BCUT2D eigenvalue weighted by molar-refractivity contribution is -0.117. The Hall–Kier alpha value is -2.33. The number of nitrogens with zero attached hydrogens (tertiary/aromatic N) is 2. The number of benzene rings is 2. The van der Waals surface area contributed by atoms with Crippen LogP contribution in [0, 0.1) is 0 Å². The minimum Gasteiger partial charge on any atom is -0.380 e. The Morgan fingerprint density at radius 1 is 1.19 bits per heavy atom. The second kappa shape index (κ2) is 9.86. The van der Waals surface area contributed by atoms with Gasteiger partial charge in [0, 0.05) is 13.2 Å². The largest absolute Gasteiger partial charge is 0.380 e. The third-order valence-corrected chi connectivity index (χ3v) is 6.82. The van der Waals surface area contributed by atoms with Crippen LogP contribution in [0.15, 0.2) is 52.4 Å². The number of primary sulfonamides is 1. The molecule has 1 amide bonds. The van der Waals surface area contributed by atoms with Gasteiger partial charge in [-0.15, -0.1) is 0 Å². The first-order chi connectivity index (χ1) is 14.7. The smallest absolute Gasteiger partial charge is 0.252 e. The maximum absolute atomic E-state index is 12.7. The summed E-state index contributed by atoms with van der Waals surface area (Å²) in [5.41, 5.74) is 2.90. The molecule has 31 heavy (non-hydrogen) atoms. The van der Waals surface area contributed by atoms with Crippen LogP contribution in [0.2, 0.25) is 0 Å². The maximum atomic E-state index is 12.7. The molecule has 3 rings (SSSR count). The molecular formula is C22H27N3O4S2. The monoisotopic (exact) mass is 461 g/mol. The molecule has 0 saturated carbocycles. The Morgan fingerprint density at radius 2 is 1.90 bits per heavy atom. The van der Waals surface area contributed by atoms with Gasteiger partial charge in [0.05, 0.1) is 28.1 Å². The molecule has 166 valence electrons. The van der Waals surface area contributed by atoms with E-state index in [1.807, 2.05) is 35.8 Å². The number of hydrogen-bond acceptors (Lipinski definition) is 5. The van der Waals surface area contributed by atoms with Gasteiger partial charge in [-0.1, -0.05) is 49.4 Å². The number of aromatic nitrogens is 1. The normalized spacial score (nSPS) is 12.7.